The SMILES string of the molecule is O=C1CCC(=O)N1CCCNCC1CCc2ccc(O)cc2O1. The Hall–Kier alpha value is -2.08. The van der Waals surface area contributed by atoms with Gasteiger partial charge in [0.05, 0.1) is 0 Å². The van der Waals surface area contributed by atoms with E-state index in [0.29, 0.717) is 19.4 Å². The van der Waals surface area contributed by atoms with Crippen LogP contribution in [0.25, 0.3) is 0 Å². The molecular formula is C17H22N2O4. The normalized spacial score (nSPS) is 20.5. The number of imide groups is 1. The first kappa shape index (κ1) is 15.8. The molecule has 1 atom stereocenters. The smallest absolute Gasteiger partial charge is 0.229 e. The highest BCUT2D eigenvalue weighted by atomic mass is 16.5. The number of rotatable bonds is 6. The van der Waals surface area contributed by atoms with Crippen molar-refractivity contribution in [2.75, 3.05) is 19.6 Å². The van der Waals surface area contributed by atoms with E-state index in [2.05, 4.69) is 5.32 Å². The van der Waals surface area contributed by atoms with Gasteiger partial charge in [0.2, 0.25) is 11.8 Å². The van der Waals surface area contributed by atoms with Crippen LogP contribution >= 0.6 is 0 Å². The summed E-state index contributed by atoms with van der Waals surface area (Å²) in [6.07, 6.45) is 3.43. The van der Waals surface area contributed by atoms with Crippen LogP contribution in [0.1, 0.15) is 31.2 Å². The van der Waals surface area contributed by atoms with Crippen LogP contribution in [-0.2, 0) is 16.0 Å². The van der Waals surface area contributed by atoms with Gasteiger partial charge in [0.25, 0.3) is 0 Å². The van der Waals surface area contributed by atoms with Crippen molar-refractivity contribution in [1.29, 1.82) is 0 Å². The maximum Gasteiger partial charge on any atom is 0.229 e. The van der Waals surface area contributed by atoms with Crippen LogP contribution in [0.5, 0.6) is 11.5 Å². The Balaban J connectivity index is 1.37. The van der Waals surface area contributed by atoms with Gasteiger partial charge in [0.15, 0.2) is 0 Å². The summed E-state index contributed by atoms with van der Waals surface area (Å²) in [5, 5.41) is 12.8. The van der Waals surface area contributed by atoms with E-state index in [1.54, 1.807) is 12.1 Å². The van der Waals surface area contributed by atoms with E-state index >= 15 is 0 Å². The first-order valence-corrected chi connectivity index (χ1v) is 8.16. The number of phenols is 1. The molecule has 124 valence electrons. The molecular weight excluding hydrogens is 296 g/mol. The summed E-state index contributed by atoms with van der Waals surface area (Å²) >= 11 is 0. The van der Waals surface area contributed by atoms with Gasteiger partial charge in [-0.1, -0.05) is 6.07 Å². The predicted octanol–water partition coefficient (Wildman–Crippen LogP) is 1.21. The Labute approximate surface area is 135 Å². The lowest BCUT2D eigenvalue weighted by atomic mass is 10.0. The van der Waals surface area contributed by atoms with E-state index in [4.69, 9.17) is 4.74 Å². The van der Waals surface area contributed by atoms with E-state index in [0.717, 1.165) is 43.7 Å². The molecule has 1 unspecified atom stereocenters. The Morgan fingerprint density at radius 1 is 1.22 bits per heavy atom. The molecule has 2 amide bonds. The number of hydrogen-bond donors (Lipinski definition) is 2. The molecule has 1 aromatic rings. The van der Waals surface area contributed by atoms with Crippen LogP contribution in [-0.4, -0.2) is 47.6 Å². The molecule has 0 saturated carbocycles. The summed E-state index contributed by atoms with van der Waals surface area (Å²) in [6, 6.07) is 5.24. The zero-order valence-electron chi connectivity index (χ0n) is 13.1. The van der Waals surface area contributed by atoms with Crippen molar-refractivity contribution in [3.8, 4) is 11.5 Å². The van der Waals surface area contributed by atoms with Crippen LogP contribution in [0, 0.1) is 0 Å². The van der Waals surface area contributed by atoms with Crippen molar-refractivity contribution in [2.45, 2.75) is 38.2 Å². The fourth-order valence-corrected chi connectivity index (χ4v) is 3.06. The topological polar surface area (TPSA) is 78.9 Å². The van der Waals surface area contributed by atoms with Crippen molar-refractivity contribution in [1.82, 2.24) is 10.2 Å². The number of aryl methyl sites for hydroxylation is 1. The van der Waals surface area contributed by atoms with Gasteiger partial charge in [-0.15, -0.1) is 0 Å². The molecule has 1 fully saturated rings. The quantitative estimate of drug-likeness (QED) is 0.609. The molecule has 0 radical (unpaired) electrons. The number of nitrogens with zero attached hydrogens (tertiary/aromatic N) is 1. The minimum absolute atomic E-state index is 0.0537. The van der Waals surface area contributed by atoms with E-state index in [1.807, 2.05) is 6.07 Å². The number of ether oxygens (including phenoxy) is 1. The molecule has 6 heteroatoms. The lowest BCUT2D eigenvalue weighted by Crippen LogP contribution is -2.36. The molecule has 3 rings (SSSR count). The second kappa shape index (κ2) is 7.00. The maximum atomic E-state index is 11.5. The highest BCUT2D eigenvalue weighted by Crippen LogP contribution is 2.30. The highest BCUT2D eigenvalue weighted by molar-refractivity contribution is 6.01. The third-order valence-electron chi connectivity index (χ3n) is 4.34. The monoisotopic (exact) mass is 318 g/mol. The number of nitrogens with one attached hydrogen (secondary N) is 1. The van der Waals surface area contributed by atoms with Gasteiger partial charge in [0, 0.05) is 32.0 Å². The van der Waals surface area contributed by atoms with E-state index < -0.39 is 0 Å². The number of aromatic hydroxyl groups is 1. The minimum Gasteiger partial charge on any atom is -0.508 e. The number of likely N-dealkylation sites (tertiary alicyclic amines) is 1. The molecule has 0 aliphatic carbocycles. The highest BCUT2D eigenvalue weighted by Gasteiger charge is 2.28. The molecule has 1 saturated heterocycles. The van der Waals surface area contributed by atoms with Gasteiger partial charge in [0.1, 0.15) is 17.6 Å². The van der Waals surface area contributed by atoms with E-state index in [9.17, 15) is 14.7 Å². The lowest BCUT2D eigenvalue weighted by molar-refractivity contribution is -0.138. The maximum absolute atomic E-state index is 11.5. The third-order valence-corrected chi connectivity index (χ3v) is 4.34. The number of carbonyl (C=O) groups is 2. The van der Waals surface area contributed by atoms with E-state index in [1.165, 1.54) is 4.90 Å². The number of hydrogen-bond acceptors (Lipinski definition) is 5. The number of carbonyl (C=O) groups excluding carboxylic acids is 2. The average molecular weight is 318 g/mol. The lowest BCUT2D eigenvalue weighted by Gasteiger charge is -2.26. The van der Waals surface area contributed by atoms with E-state index in [-0.39, 0.29) is 23.7 Å². The summed E-state index contributed by atoms with van der Waals surface area (Å²) in [6.45, 7) is 1.95. The summed E-state index contributed by atoms with van der Waals surface area (Å²) in [7, 11) is 0. The van der Waals surface area contributed by atoms with Crippen molar-refractivity contribution in [2.24, 2.45) is 0 Å². The minimum atomic E-state index is -0.0537. The van der Waals surface area contributed by atoms with Crippen LogP contribution < -0.4 is 10.1 Å². The van der Waals surface area contributed by atoms with Crippen molar-refractivity contribution in [3.63, 3.8) is 0 Å². The molecule has 2 N–H and O–H groups in total. The van der Waals surface area contributed by atoms with Gasteiger partial charge in [-0.3, -0.25) is 14.5 Å². The van der Waals surface area contributed by atoms with Crippen LogP contribution in [0.4, 0.5) is 0 Å². The van der Waals surface area contributed by atoms with Crippen LogP contribution in [0.3, 0.4) is 0 Å². The molecule has 1 aromatic carbocycles. The number of benzene rings is 1. The predicted molar refractivity (Wildman–Crippen MR) is 84.3 cm³/mol. The third kappa shape index (κ3) is 3.82. The largest absolute Gasteiger partial charge is 0.508 e. The Kier molecular flexibility index (Phi) is 4.81. The standard InChI is InChI=1S/C17H22N2O4/c20-13-4-2-12-3-5-14(23-15(12)10-13)11-18-8-1-9-19-16(21)6-7-17(19)22/h2,4,10,14,18,20H,1,3,5-9,11H2. The first-order chi connectivity index (χ1) is 11.1. The number of fused-ring (bicyclic) bond motifs is 1. The summed E-state index contributed by atoms with van der Waals surface area (Å²) in [5.74, 6) is 0.873. The molecule has 2 aliphatic heterocycles. The van der Waals surface area contributed by atoms with Gasteiger partial charge < -0.3 is 15.2 Å². The van der Waals surface area contributed by atoms with Crippen LogP contribution in [0.15, 0.2) is 18.2 Å². The van der Waals surface area contributed by atoms with Gasteiger partial charge in [-0.25, -0.2) is 0 Å². The molecule has 6 nitrogen and oxygen atoms in total. The fraction of sp³-hybridized carbons (Fsp3) is 0.529. The molecule has 0 aromatic heterocycles. The summed E-state index contributed by atoms with van der Waals surface area (Å²) in [5.41, 5.74) is 1.13. The van der Waals surface area contributed by atoms with Crippen molar-refractivity contribution >= 4 is 11.8 Å². The average Bonchev–Trinajstić information content (AvgIpc) is 2.85. The molecule has 2 aliphatic rings. The zero-order chi connectivity index (χ0) is 16.2. The van der Waals surface area contributed by atoms with Gasteiger partial charge >= 0.3 is 0 Å². The van der Waals surface area contributed by atoms with Gasteiger partial charge in [-0.05, 0) is 37.4 Å². The second-order valence-electron chi connectivity index (χ2n) is 6.07. The molecule has 0 spiro atoms. The molecule has 23 heavy (non-hydrogen) atoms. The number of phenolic OH excluding ortho intramolecular Hbond substituents is 1. The number of amides is 2. The van der Waals surface area contributed by atoms with Crippen LogP contribution in [0.2, 0.25) is 0 Å². The summed E-state index contributed by atoms with van der Waals surface area (Å²) in [4.78, 5) is 24.3. The Bertz CT molecular complexity index is 586. The fourth-order valence-electron chi connectivity index (χ4n) is 3.06. The van der Waals surface area contributed by atoms with Crippen molar-refractivity contribution < 1.29 is 19.4 Å². The Morgan fingerprint density at radius 3 is 2.78 bits per heavy atom. The van der Waals surface area contributed by atoms with Crippen molar-refractivity contribution in [3.05, 3.63) is 23.8 Å². The first-order valence-electron chi connectivity index (χ1n) is 8.16. The molecule has 0 bridgehead atoms. The summed E-state index contributed by atoms with van der Waals surface area (Å²) < 4.78 is 5.89. The van der Waals surface area contributed by atoms with Gasteiger partial charge in [-0.2, -0.15) is 0 Å². The zero-order valence-corrected chi connectivity index (χ0v) is 13.1. The molecule has 2 heterocycles. The second-order valence-corrected chi connectivity index (χ2v) is 6.07. The Morgan fingerprint density at radius 2 is 2.00 bits per heavy atom.